The number of hydrogen-bond donors (Lipinski definition) is 1. The Morgan fingerprint density at radius 1 is 1.29 bits per heavy atom. The Hall–Kier alpha value is -1.62. The molecule has 116 valence electrons. The Kier molecular flexibility index (Phi) is 8.43. The highest BCUT2D eigenvalue weighted by molar-refractivity contribution is 7.99. The van der Waals surface area contributed by atoms with Crippen molar-refractivity contribution in [3.05, 3.63) is 36.0 Å². The predicted octanol–water partition coefficient (Wildman–Crippen LogP) is 3.36. The lowest BCUT2D eigenvalue weighted by Gasteiger charge is -2.06. The van der Waals surface area contributed by atoms with Crippen molar-refractivity contribution < 1.29 is 14.3 Å². The van der Waals surface area contributed by atoms with Gasteiger partial charge in [0, 0.05) is 22.4 Å². The van der Waals surface area contributed by atoms with Gasteiger partial charge in [-0.1, -0.05) is 6.92 Å². The number of ether oxygens (including phenoxy) is 2. The topological polar surface area (TPSA) is 61.5 Å². The number of rotatable bonds is 9. The fraction of sp³-hybridized carbons (Fsp3) is 0.438. The molecule has 0 spiro atoms. The van der Waals surface area contributed by atoms with Crippen molar-refractivity contribution in [2.24, 2.45) is 5.73 Å². The van der Waals surface area contributed by atoms with Crippen LogP contribution in [-0.2, 0) is 9.53 Å². The van der Waals surface area contributed by atoms with E-state index in [2.05, 4.69) is 6.92 Å². The van der Waals surface area contributed by atoms with Crippen LogP contribution in [0.1, 0.15) is 26.7 Å². The van der Waals surface area contributed by atoms with E-state index in [1.807, 2.05) is 24.3 Å². The molecule has 0 saturated carbocycles. The van der Waals surface area contributed by atoms with Crippen molar-refractivity contribution in [3.63, 3.8) is 0 Å². The molecular weight excluding hydrogens is 286 g/mol. The molecule has 0 aromatic heterocycles. The maximum atomic E-state index is 11.2. The van der Waals surface area contributed by atoms with E-state index in [1.165, 1.54) is 11.0 Å². The minimum absolute atomic E-state index is 0.377. The maximum Gasteiger partial charge on any atom is 0.332 e. The van der Waals surface area contributed by atoms with Crippen molar-refractivity contribution in [1.82, 2.24) is 0 Å². The molecule has 1 aromatic rings. The number of benzene rings is 1. The molecule has 4 nitrogen and oxygen atoms in total. The van der Waals surface area contributed by atoms with Gasteiger partial charge in [0.2, 0.25) is 0 Å². The highest BCUT2D eigenvalue weighted by Crippen LogP contribution is 2.22. The molecule has 0 heterocycles. The number of carbonyl (C=O) groups is 1. The molecule has 0 fully saturated rings. The summed E-state index contributed by atoms with van der Waals surface area (Å²) in [6, 6.07) is 8.05. The quantitative estimate of drug-likeness (QED) is 0.328. The van der Waals surface area contributed by atoms with E-state index >= 15 is 0 Å². The second kappa shape index (κ2) is 10.2. The van der Waals surface area contributed by atoms with Gasteiger partial charge in [-0.15, -0.1) is 11.8 Å². The molecule has 0 atom stereocenters. The monoisotopic (exact) mass is 309 g/mol. The van der Waals surface area contributed by atoms with Crippen LogP contribution in [0.4, 0.5) is 0 Å². The normalized spacial score (nSPS) is 11.2. The molecule has 0 aliphatic rings. The first-order chi connectivity index (χ1) is 10.1. The van der Waals surface area contributed by atoms with Gasteiger partial charge in [-0.3, -0.25) is 0 Å². The highest BCUT2D eigenvalue weighted by Gasteiger charge is 1.99. The lowest BCUT2D eigenvalue weighted by Crippen LogP contribution is -2.06. The summed E-state index contributed by atoms with van der Waals surface area (Å²) >= 11 is 1.73. The minimum Gasteiger partial charge on any atom is -0.494 e. The smallest absolute Gasteiger partial charge is 0.332 e. The van der Waals surface area contributed by atoms with Gasteiger partial charge in [0.1, 0.15) is 5.75 Å². The van der Waals surface area contributed by atoms with Crippen LogP contribution >= 0.6 is 11.8 Å². The molecule has 1 aromatic carbocycles. The van der Waals surface area contributed by atoms with E-state index in [-0.39, 0.29) is 5.97 Å². The maximum absolute atomic E-state index is 11.2. The molecule has 1 rings (SSSR count). The molecule has 0 radical (unpaired) electrons. The molecule has 0 aliphatic carbocycles. The zero-order chi connectivity index (χ0) is 15.5. The van der Waals surface area contributed by atoms with Crippen molar-refractivity contribution in [3.8, 4) is 5.75 Å². The average molecular weight is 309 g/mol. The third-order valence-electron chi connectivity index (χ3n) is 2.44. The van der Waals surface area contributed by atoms with Crippen molar-refractivity contribution in [1.29, 1.82) is 0 Å². The highest BCUT2D eigenvalue weighted by atomic mass is 32.2. The van der Waals surface area contributed by atoms with E-state index in [9.17, 15) is 4.79 Å². The first-order valence-corrected chi connectivity index (χ1v) is 8.06. The Morgan fingerprint density at radius 3 is 2.62 bits per heavy atom. The van der Waals surface area contributed by atoms with Crippen LogP contribution in [-0.4, -0.2) is 24.9 Å². The third-order valence-corrected chi connectivity index (χ3v) is 3.54. The summed E-state index contributed by atoms with van der Waals surface area (Å²) in [5, 5.41) is 0. The van der Waals surface area contributed by atoms with Crippen molar-refractivity contribution in [2.75, 3.05) is 19.0 Å². The Morgan fingerprint density at radius 2 is 2.00 bits per heavy atom. The average Bonchev–Trinajstić information content (AvgIpc) is 2.45. The van der Waals surface area contributed by atoms with Crippen LogP contribution in [0, 0.1) is 0 Å². The van der Waals surface area contributed by atoms with Gasteiger partial charge in [0.05, 0.1) is 13.2 Å². The lowest BCUT2D eigenvalue weighted by atomic mass is 10.3. The summed E-state index contributed by atoms with van der Waals surface area (Å²) in [6.45, 7) is 4.90. The number of hydrogen-bond acceptors (Lipinski definition) is 5. The standard InChI is InChI=1S/C16H23NO3S/c1-3-9-19-14-5-7-15(8-6-14)21-11-4-10-20-16(18)12-13(2)17/h5-8,12H,3-4,9-11,17H2,1-2H3. The number of allylic oxidation sites excluding steroid dienone is 1. The van der Waals surface area contributed by atoms with Crippen LogP contribution in [0.5, 0.6) is 5.75 Å². The second-order valence-electron chi connectivity index (χ2n) is 4.58. The Bertz CT molecular complexity index is 453. The number of thioether (sulfide) groups is 1. The molecule has 21 heavy (non-hydrogen) atoms. The van der Waals surface area contributed by atoms with Gasteiger partial charge < -0.3 is 15.2 Å². The van der Waals surface area contributed by atoms with Gasteiger partial charge in [-0.05, 0) is 44.0 Å². The number of carbonyl (C=O) groups excluding carboxylic acids is 1. The zero-order valence-corrected chi connectivity index (χ0v) is 13.4. The van der Waals surface area contributed by atoms with E-state index in [4.69, 9.17) is 15.2 Å². The second-order valence-corrected chi connectivity index (χ2v) is 5.75. The van der Waals surface area contributed by atoms with E-state index in [0.717, 1.165) is 31.0 Å². The molecule has 5 heteroatoms. The summed E-state index contributed by atoms with van der Waals surface area (Å²) in [7, 11) is 0. The summed E-state index contributed by atoms with van der Waals surface area (Å²) in [5.41, 5.74) is 5.85. The molecule has 0 bridgehead atoms. The van der Waals surface area contributed by atoms with E-state index in [1.54, 1.807) is 18.7 Å². The van der Waals surface area contributed by atoms with Crippen molar-refractivity contribution in [2.45, 2.75) is 31.6 Å². The van der Waals surface area contributed by atoms with Gasteiger partial charge >= 0.3 is 5.97 Å². The van der Waals surface area contributed by atoms with Crippen LogP contribution < -0.4 is 10.5 Å². The molecule has 2 N–H and O–H groups in total. The summed E-state index contributed by atoms with van der Waals surface area (Å²) in [5.74, 6) is 1.42. The fourth-order valence-corrected chi connectivity index (χ4v) is 2.33. The first kappa shape index (κ1) is 17.4. The summed E-state index contributed by atoms with van der Waals surface area (Å²) in [4.78, 5) is 12.4. The number of esters is 1. The molecular formula is C16H23NO3S. The van der Waals surface area contributed by atoms with Gasteiger partial charge in [0.15, 0.2) is 0 Å². The zero-order valence-electron chi connectivity index (χ0n) is 12.6. The van der Waals surface area contributed by atoms with E-state index < -0.39 is 0 Å². The van der Waals surface area contributed by atoms with Crippen molar-refractivity contribution >= 4 is 17.7 Å². The molecule has 0 saturated heterocycles. The molecule has 0 amide bonds. The van der Waals surface area contributed by atoms with E-state index in [0.29, 0.717) is 12.3 Å². The Labute approximate surface area is 130 Å². The summed E-state index contributed by atoms with van der Waals surface area (Å²) < 4.78 is 10.6. The van der Waals surface area contributed by atoms with Gasteiger partial charge in [0.25, 0.3) is 0 Å². The predicted molar refractivity (Wildman–Crippen MR) is 86.5 cm³/mol. The van der Waals surface area contributed by atoms with Gasteiger partial charge in [-0.25, -0.2) is 4.79 Å². The van der Waals surface area contributed by atoms with Crippen LogP contribution in [0.15, 0.2) is 40.9 Å². The van der Waals surface area contributed by atoms with Gasteiger partial charge in [-0.2, -0.15) is 0 Å². The minimum atomic E-state index is -0.377. The fourth-order valence-electron chi connectivity index (χ4n) is 1.50. The molecule has 0 unspecified atom stereocenters. The SMILES string of the molecule is CCCOc1ccc(SCCCOC(=O)C=C(C)N)cc1. The largest absolute Gasteiger partial charge is 0.494 e. The lowest BCUT2D eigenvalue weighted by molar-refractivity contribution is -0.137. The third kappa shape index (κ3) is 8.30. The molecule has 0 aliphatic heterocycles. The Balaban J connectivity index is 2.18. The van der Waals surface area contributed by atoms with Crippen LogP contribution in [0.3, 0.4) is 0 Å². The first-order valence-electron chi connectivity index (χ1n) is 7.08. The van der Waals surface area contributed by atoms with Crippen LogP contribution in [0.2, 0.25) is 0 Å². The number of nitrogens with two attached hydrogens (primary N) is 1. The van der Waals surface area contributed by atoms with Crippen LogP contribution in [0.25, 0.3) is 0 Å². The summed E-state index contributed by atoms with van der Waals surface area (Å²) in [6.07, 6.45) is 3.11.